The molecule has 1 heterocycles. The first-order valence-electron chi connectivity index (χ1n) is 13.8. The Morgan fingerprint density at radius 1 is 0.974 bits per heavy atom. The van der Waals surface area contributed by atoms with Crippen molar-refractivity contribution in [2.24, 2.45) is 0 Å². The summed E-state index contributed by atoms with van der Waals surface area (Å²) in [6.45, 7) is 3.81. The van der Waals surface area contributed by atoms with Crippen LogP contribution in [0.3, 0.4) is 0 Å². The van der Waals surface area contributed by atoms with Crippen LogP contribution in [-0.2, 0) is 13.0 Å². The number of fused-ring (bicyclic) bond motifs is 3. The van der Waals surface area contributed by atoms with Crippen molar-refractivity contribution in [3.8, 4) is 16.9 Å². The second kappa shape index (κ2) is 11.4. The zero-order valence-corrected chi connectivity index (χ0v) is 22.4. The average Bonchev–Trinajstić information content (AvgIpc) is 3.31. The highest BCUT2D eigenvalue weighted by Crippen LogP contribution is 2.46. The molecule has 2 aliphatic rings. The maximum Gasteiger partial charge on any atom is 0.401 e. The first-order valence-corrected chi connectivity index (χ1v) is 13.8. The van der Waals surface area contributed by atoms with Gasteiger partial charge in [0, 0.05) is 30.9 Å². The van der Waals surface area contributed by atoms with Gasteiger partial charge in [-0.25, -0.2) is 0 Å². The number of methoxy groups -OCH3 is 1. The third kappa shape index (κ3) is 5.70. The molecule has 1 aliphatic heterocycles. The number of halogens is 3. The minimum absolute atomic E-state index is 0.325. The fraction of sp³-hybridized carbons (Fsp3) is 0.438. The minimum atomic E-state index is -4.20. The average molecular weight is 523 g/mol. The zero-order chi connectivity index (χ0) is 26.7. The van der Waals surface area contributed by atoms with E-state index < -0.39 is 12.7 Å². The molecule has 3 nitrogen and oxygen atoms in total. The summed E-state index contributed by atoms with van der Waals surface area (Å²) in [6, 6.07) is 21.0. The molecule has 0 radical (unpaired) electrons. The molecular formula is C32H37F3N2O. The molecule has 0 saturated carbocycles. The van der Waals surface area contributed by atoms with Gasteiger partial charge in [0.1, 0.15) is 5.75 Å². The molecule has 3 aromatic carbocycles. The number of rotatable bonds is 9. The van der Waals surface area contributed by atoms with Crippen LogP contribution in [0.25, 0.3) is 11.1 Å². The molecule has 1 fully saturated rings. The summed E-state index contributed by atoms with van der Waals surface area (Å²) in [5.41, 5.74) is 8.40. The minimum Gasteiger partial charge on any atom is -0.496 e. The Morgan fingerprint density at radius 3 is 2.45 bits per heavy atom. The van der Waals surface area contributed by atoms with E-state index in [9.17, 15) is 13.2 Å². The van der Waals surface area contributed by atoms with E-state index in [2.05, 4.69) is 53.4 Å². The smallest absolute Gasteiger partial charge is 0.401 e. The third-order valence-corrected chi connectivity index (χ3v) is 8.08. The SMILES string of the molecule is CCCCN(Cc1ccc(N2CCC(c3ccccc3OC)CC2)c2c1Cc1ccccc1-2)CC(F)(F)F. The molecule has 0 amide bonds. The number of nitrogens with zero attached hydrogens (tertiary/aromatic N) is 2. The highest BCUT2D eigenvalue weighted by Gasteiger charge is 2.33. The lowest BCUT2D eigenvalue weighted by molar-refractivity contribution is -0.147. The van der Waals surface area contributed by atoms with E-state index >= 15 is 0 Å². The van der Waals surface area contributed by atoms with Gasteiger partial charge in [0.05, 0.1) is 13.7 Å². The highest BCUT2D eigenvalue weighted by atomic mass is 19.4. The van der Waals surface area contributed by atoms with Crippen molar-refractivity contribution in [2.45, 2.75) is 57.7 Å². The van der Waals surface area contributed by atoms with Crippen LogP contribution in [0.2, 0.25) is 0 Å². The molecule has 0 N–H and O–H groups in total. The molecule has 38 heavy (non-hydrogen) atoms. The molecule has 0 unspecified atom stereocenters. The predicted octanol–water partition coefficient (Wildman–Crippen LogP) is 7.81. The van der Waals surface area contributed by atoms with E-state index in [4.69, 9.17) is 4.74 Å². The van der Waals surface area contributed by atoms with Crippen LogP contribution >= 0.6 is 0 Å². The van der Waals surface area contributed by atoms with Crippen molar-refractivity contribution in [1.82, 2.24) is 4.90 Å². The number of ether oxygens (including phenoxy) is 1. The summed E-state index contributed by atoms with van der Waals surface area (Å²) < 4.78 is 45.8. The number of unbranched alkanes of at least 4 members (excludes halogenated alkanes) is 1. The molecule has 0 atom stereocenters. The van der Waals surface area contributed by atoms with Crippen molar-refractivity contribution in [2.75, 3.05) is 38.2 Å². The summed E-state index contributed by atoms with van der Waals surface area (Å²) in [4.78, 5) is 4.04. The summed E-state index contributed by atoms with van der Waals surface area (Å²) in [5, 5.41) is 0. The number of alkyl halides is 3. The zero-order valence-electron chi connectivity index (χ0n) is 22.4. The van der Waals surface area contributed by atoms with E-state index in [1.807, 2.05) is 19.1 Å². The number of para-hydroxylation sites is 1. The molecule has 1 aliphatic carbocycles. The lowest BCUT2D eigenvalue weighted by atomic mass is 9.88. The Bertz CT molecular complexity index is 1250. The Labute approximate surface area is 224 Å². The maximum absolute atomic E-state index is 13.4. The normalized spacial score (nSPS) is 15.6. The predicted molar refractivity (Wildman–Crippen MR) is 148 cm³/mol. The number of hydrogen-bond acceptors (Lipinski definition) is 3. The molecule has 5 rings (SSSR count). The van der Waals surface area contributed by atoms with E-state index in [1.54, 1.807) is 12.0 Å². The summed E-state index contributed by atoms with van der Waals surface area (Å²) >= 11 is 0. The van der Waals surface area contributed by atoms with Crippen LogP contribution in [-0.4, -0.2) is 44.4 Å². The van der Waals surface area contributed by atoms with Crippen LogP contribution in [0.1, 0.15) is 60.8 Å². The quantitative estimate of drug-likeness (QED) is 0.223. The van der Waals surface area contributed by atoms with Crippen LogP contribution in [0.15, 0.2) is 60.7 Å². The molecule has 0 spiro atoms. The van der Waals surface area contributed by atoms with Crippen molar-refractivity contribution in [3.63, 3.8) is 0 Å². The summed E-state index contributed by atoms with van der Waals surface area (Å²) in [5.74, 6) is 1.41. The van der Waals surface area contributed by atoms with Gasteiger partial charge < -0.3 is 9.64 Å². The topological polar surface area (TPSA) is 15.7 Å². The van der Waals surface area contributed by atoms with Crippen molar-refractivity contribution in [3.05, 3.63) is 82.9 Å². The van der Waals surface area contributed by atoms with Gasteiger partial charge in [-0.2, -0.15) is 13.2 Å². The Morgan fingerprint density at radius 2 is 1.71 bits per heavy atom. The van der Waals surface area contributed by atoms with E-state index in [0.29, 0.717) is 19.0 Å². The third-order valence-electron chi connectivity index (χ3n) is 8.08. The van der Waals surface area contributed by atoms with Gasteiger partial charge in [-0.15, -0.1) is 0 Å². The Hall–Kier alpha value is -2.99. The van der Waals surface area contributed by atoms with Crippen molar-refractivity contribution in [1.29, 1.82) is 0 Å². The molecule has 1 saturated heterocycles. The summed E-state index contributed by atoms with van der Waals surface area (Å²) in [7, 11) is 1.73. The monoisotopic (exact) mass is 522 g/mol. The van der Waals surface area contributed by atoms with Crippen molar-refractivity contribution >= 4 is 5.69 Å². The van der Waals surface area contributed by atoms with Gasteiger partial charge in [-0.3, -0.25) is 4.90 Å². The second-order valence-electron chi connectivity index (χ2n) is 10.6. The standard InChI is InChI=1S/C32H37F3N2O/c1-3-4-17-36(22-32(33,34)35)21-25-13-14-29(31-27-11-6-5-9-24(27)20-28(25)31)37-18-15-23(16-19-37)26-10-7-8-12-30(26)38-2/h5-14,23H,3-4,15-22H2,1-2H3. The molecule has 6 heteroatoms. The number of hydrogen-bond donors (Lipinski definition) is 0. The van der Waals surface area contributed by atoms with Gasteiger partial charge in [0.15, 0.2) is 0 Å². The number of piperidine rings is 1. The van der Waals surface area contributed by atoms with E-state index in [-0.39, 0.29) is 0 Å². The molecule has 3 aromatic rings. The van der Waals surface area contributed by atoms with Crippen LogP contribution in [0.4, 0.5) is 18.9 Å². The molecule has 0 aromatic heterocycles. The molecule has 202 valence electrons. The lowest BCUT2D eigenvalue weighted by Gasteiger charge is -2.36. The number of anilines is 1. The molecular weight excluding hydrogens is 485 g/mol. The first kappa shape index (κ1) is 26.6. The van der Waals surface area contributed by atoms with Gasteiger partial charge in [0.25, 0.3) is 0 Å². The highest BCUT2D eigenvalue weighted by molar-refractivity contribution is 5.88. The van der Waals surface area contributed by atoms with Crippen LogP contribution in [0, 0.1) is 0 Å². The second-order valence-corrected chi connectivity index (χ2v) is 10.6. The lowest BCUT2D eigenvalue weighted by Crippen LogP contribution is -2.35. The van der Waals surface area contributed by atoms with Gasteiger partial charge in [-0.05, 0) is 78.1 Å². The fourth-order valence-electron chi connectivity index (χ4n) is 6.23. The molecule has 0 bridgehead atoms. The van der Waals surface area contributed by atoms with Gasteiger partial charge in [-0.1, -0.05) is 61.9 Å². The van der Waals surface area contributed by atoms with Crippen LogP contribution in [0.5, 0.6) is 5.75 Å². The first-order chi connectivity index (χ1) is 18.4. The fourth-order valence-corrected chi connectivity index (χ4v) is 6.23. The van der Waals surface area contributed by atoms with E-state index in [1.165, 1.54) is 33.5 Å². The van der Waals surface area contributed by atoms with E-state index in [0.717, 1.165) is 56.5 Å². The largest absolute Gasteiger partial charge is 0.496 e. The van der Waals surface area contributed by atoms with Gasteiger partial charge in [0.2, 0.25) is 0 Å². The summed E-state index contributed by atoms with van der Waals surface area (Å²) in [6.07, 6.45) is 0.287. The maximum atomic E-state index is 13.4. The number of benzene rings is 3. The van der Waals surface area contributed by atoms with Crippen molar-refractivity contribution < 1.29 is 17.9 Å². The van der Waals surface area contributed by atoms with Crippen LogP contribution < -0.4 is 9.64 Å². The Balaban J connectivity index is 1.43. The van der Waals surface area contributed by atoms with Gasteiger partial charge >= 0.3 is 6.18 Å². The Kier molecular flexibility index (Phi) is 7.98.